The Morgan fingerprint density at radius 1 is 1.06 bits per heavy atom. The topological polar surface area (TPSA) is 66.2 Å². The maximum atomic E-state index is 13.9. The van der Waals surface area contributed by atoms with Crippen molar-refractivity contribution in [3.05, 3.63) is 42.6 Å². The van der Waals surface area contributed by atoms with E-state index in [1.165, 1.54) is 32.1 Å². The Bertz CT molecular complexity index is 1070. The molecule has 0 spiro atoms. The van der Waals surface area contributed by atoms with E-state index in [0.717, 1.165) is 61.9 Å². The zero-order chi connectivity index (χ0) is 24.3. The van der Waals surface area contributed by atoms with Gasteiger partial charge in [0.25, 0.3) is 0 Å². The number of aromatic nitrogens is 1. The average Bonchev–Trinajstić information content (AvgIpc) is 2.93. The van der Waals surface area contributed by atoms with Crippen LogP contribution in [0.1, 0.15) is 77.0 Å². The number of methoxy groups -OCH3 is 1. The van der Waals surface area contributed by atoms with Gasteiger partial charge in [0.1, 0.15) is 0 Å². The van der Waals surface area contributed by atoms with E-state index in [1.54, 1.807) is 13.3 Å². The first-order valence-corrected chi connectivity index (χ1v) is 13.4. The average molecular weight is 472 g/mol. The van der Waals surface area contributed by atoms with Crippen molar-refractivity contribution < 1.29 is 9.53 Å². The third kappa shape index (κ3) is 5.08. The van der Waals surface area contributed by atoms with Crippen LogP contribution in [0.4, 0.5) is 5.69 Å². The van der Waals surface area contributed by atoms with Crippen LogP contribution < -0.4 is 9.64 Å². The number of hydrogen-bond acceptors (Lipinski definition) is 4. The van der Waals surface area contributed by atoms with Gasteiger partial charge in [-0.05, 0) is 92.0 Å². The maximum Gasteiger partial charge on any atom is 0.227 e. The minimum Gasteiger partial charge on any atom is -0.481 e. The zero-order valence-corrected chi connectivity index (χ0v) is 21.0. The molecule has 0 N–H and O–H groups in total. The van der Waals surface area contributed by atoms with Gasteiger partial charge in [0.2, 0.25) is 11.8 Å². The Morgan fingerprint density at radius 3 is 2.46 bits per heavy atom. The van der Waals surface area contributed by atoms with Crippen LogP contribution in [0, 0.1) is 28.1 Å². The van der Waals surface area contributed by atoms with Crippen LogP contribution in [-0.4, -0.2) is 24.5 Å². The molecule has 35 heavy (non-hydrogen) atoms. The van der Waals surface area contributed by atoms with E-state index in [2.05, 4.69) is 40.2 Å². The Balaban J connectivity index is 1.43. The predicted molar refractivity (Wildman–Crippen MR) is 138 cm³/mol. The zero-order valence-electron chi connectivity index (χ0n) is 21.0. The van der Waals surface area contributed by atoms with Gasteiger partial charge in [0.05, 0.1) is 18.6 Å². The van der Waals surface area contributed by atoms with Gasteiger partial charge in [-0.15, -0.1) is 0 Å². The van der Waals surface area contributed by atoms with Gasteiger partial charge in [-0.3, -0.25) is 4.79 Å². The third-order valence-electron chi connectivity index (χ3n) is 9.06. The highest BCUT2D eigenvalue weighted by Gasteiger charge is 2.50. The Morgan fingerprint density at radius 2 is 1.77 bits per heavy atom. The van der Waals surface area contributed by atoms with Gasteiger partial charge in [0.15, 0.2) is 0 Å². The molecule has 5 nitrogen and oxygen atoms in total. The number of rotatable bonds is 7. The molecule has 6 rings (SSSR count). The summed E-state index contributed by atoms with van der Waals surface area (Å²) in [6.45, 7) is 0.767. The number of pyridine rings is 1. The Hall–Kier alpha value is -2.87. The van der Waals surface area contributed by atoms with Gasteiger partial charge in [-0.2, -0.15) is 5.26 Å². The second kappa shape index (κ2) is 10.0. The van der Waals surface area contributed by atoms with Crippen molar-refractivity contribution in [3.8, 4) is 23.1 Å². The summed E-state index contributed by atoms with van der Waals surface area (Å²) in [5, 5.41) is 9.73. The van der Waals surface area contributed by atoms with Crippen LogP contribution in [0.25, 0.3) is 11.1 Å². The molecule has 4 saturated carbocycles. The van der Waals surface area contributed by atoms with Crippen LogP contribution in [0.2, 0.25) is 0 Å². The molecule has 4 fully saturated rings. The van der Waals surface area contributed by atoms with E-state index in [1.807, 2.05) is 12.1 Å². The number of benzene rings is 1. The number of ether oxygens (including phenoxy) is 1. The molecular weight excluding hydrogens is 434 g/mol. The highest BCUT2D eigenvalue weighted by molar-refractivity contribution is 5.94. The van der Waals surface area contributed by atoms with Gasteiger partial charge in [0, 0.05) is 30.9 Å². The minimum absolute atomic E-state index is 0.112. The van der Waals surface area contributed by atoms with Crippen molar-refractivity contribution in [2.75, 3.05) is 18.6 Å². The molecular formula is C30H37N3O2. The van der Waals surface area contributed by atoms with Crippen LogP contribution in [0.3, 0.4) is 0 Å². The number of nitriles is 1. The van der Waals surface area contributed by atoms with E-state index in [-0.39, 0.29) is 16.7 Å². The first-order chi connectivity index (χ1) is 17.0. The van der Waals surface area contributed by atoms with Gasteiger partial charge in [-0.25, -0.2) is 4.98 Å². The lowest BCUT2D eigenvalue weighted by atomic mass is 9.54. The van der Waals surface area contributed by atoms with E-state index in [4.69, 9.17) is 4.74 Å². The SMILES string of the molecule is COc1cc(-c2cccc(N(CC34CCC(C#N)(CC3)CC4)C(=O)CC3CCCCC3)c2)ccn1. The molecule has 1 aromatic carbocycles. The van der Waals surface area contributed by atoms with E-state index in [9.17, 15) is 10.1 Å². The predicted octanol–water partition coefficient (Wildman–Crippen LogP) is 6.92. The highest BCUT2D eigenvalue weighted by atomic mass is 16.5. The number of hydrogen-bond donors (Lipinski definition) is 0. The molecule has 2 aromatic rings. The van der Waals surface area contributed by atoms with E-state index in [0.29, 0.717) is 18.2 Å². The van der Waals surface area contributed by atoms with E-state index < -0.39 is 0 Å². The Labute approximate surface area is 209 Å². The maximum absolute atomic E-state index is 13.9. The molecule has 1 heterocycles. The van der Waals surface area contributed by atoms with Crippen molar-refractivity contribution >= 4 is 11.6 Å². The fourth-order valence-corrected chi connectivity index (χ4v) is 6.63. The van der Waals surface area contributed by atoms with Crippen molar-refractivity contribution in [1.82, 2.24) is 4.98 Å². The number of carbonyl (C=O) groups excluding carboxylic acids is 1. The normalized spacial score (nSPS) is 26.2. The molecule has 2 bridgehead atoms. The fraction of sp³-hybridized carbons (Fsp3) is 0.567. The van der Waals surface area contributed by atoms with Gasteiger partial charge >= 0.3 is 0 Å². The van der Waals surface area contributed by atoms with Crippen LogP contribution in [0.15, 0.2) is 42.6 Å². The lowest BCUT2D eigenvalue weighted by molar-refractivity contribution is -0.120. The summed E-state index contributed by atoms with van der Waals surface area (Å²) in [6, 6.07) is 14.9. The lowest BCUT2D eigenvalue weighted by Crippen LogP contribution is -2.49. The van der Waals surface area contributed by atoms with Crippen molar-refractivity contribution in [1.29, 1.82) is 5.26 Å². The number of anilines is 1. The van der Waals surface area contributed by atoms with Crippen LogP contribution in [-0.2, 0) is 4.79 Å². The molecule has 4 aliphatic rings. The summed E-state index contributed by atoms with van der Waals surface area (Å²) in [5.41, 5.74) is 3.10. The van der Waals surface area contributed by atoms with Crippen LogP contribution in [0.5, 0.6) is 5.88 Å². The number of amides is 1. The summed E-state index contributed by atoms with van der Waals surface area (Å²) >= 11 is 0. The van der Waals surface area contributed by atoms with Gasteiger partial charge in [-0.1, -0.05) is 31.4 Å². The molecule has 0 unspecified atom stereocenters. The van der Waals surface area contributed by atoms with Crippen molar-refractivity contribution in [3.63, 3.8) is 0 Å². The lowest BCUT2D eigenvalue weighted by Gasteiger charge is -2.52. The van der Waals surface area contributed by atoms with Crippen molar-refractivity contribution in [2.45, 2.75) is 77.0 Å². The van der Waals surface area contributed by atoms with Crippen LogP contribution >= 0.6 is 0 Å². The smallest absolute Gasteiger partial charge is 0.227 e. The summed E-state index contributed by atoms with van der Waals surface area (Å²) in [5.74, 6) is 1.36. The molecule has 5 heteroatoms. The monoisotopic (exact) mass is 471 g/mol. The second-order valence-electron chi connectivity index (χ2n) is 11.2. The van der Waals surface area contributed by atoms with Gasteiger partial charge < -0.3 is 9.64 Å². The van der Waals surface area contributed by atoms with Crippen molar-refractivity contribution in [2.24, 2.45) is 16.7 Å². The summed E-state index contributed by atoms with van der Waals surface area (Å²) in [4.78, 5) is 20.2. The summed E-state index contributed by atoms with van der Waals surface area (Å²) < 4.78 is 5.33. The quantitative estimate of drug-likeness (QED) is 0.439. The second-order valence-corrected chi connectivity index (χ2v) is 11.2. The summed E-state index contributed by atoms with van der Waals surface area (Å²) in [7, 11) is 1.63. The first kappa shape index (κ1) is 23.9. The molecule has 4 aliphatic carbocycles. The number of nitrogens with zero attached hydrogens (tertiary/aromatic N) is 3. The largest absolute Gasteiger partial charge is 0.481 e. The fourth-order valence-electron chi connectivity index (χ4n) is 6.63. The molecule has 1 aromatic heterocycles. The first-order valence-electron chi connectivity index (χ1n) is 13.4. The molecule has 0 aliphatic heterocycles. The molecule has 0 atom stereocenters. The molecule has 1 amide bonds. The number of carbonyl (C=O) groups is 1. The standard InChI is InChI=1S/C30H37N3O2/c1-35-27-20-25(10-17-32-27)24-8-5-9-26(19-24)33(28(34)18-23-6-3-2-4-7-23)22-30-14-11-29(21-31,12-15-30)13-16-30/h5,8-10,17,19-20,23H,2-4,6-7,11-16,18,22H2,1H3. The third-order valence-corrected chi connectivity index (χ3v) is 9.06. The summed E-state index contributed by atoms with van der Waals surface area (Å²) in [6.07, 6.45) is 14.6. The highest BCUT2D eigenvalue weighted by Crippen LogP contribution is 2.57. The minimum atomic E-state index is -0.112. The number of fused-ring (bicyclic) bond motifs is 3. The Kier molecular flexibility index (Phi) is 6.82. The molecule has 0 saturated heterocycles. The molecule has 0 radical (unpaired) electrons. The molecule has 184 valence electrons. The van der Waals surface area contributed by atoms with E-state index >= 15 is 0 Å².